The summed E-state index contributed by atoms with van der Waals surface area (Å²) in [5.41, 5.74) is 4.41. The molecule has 5 nitrogen and oxygen atoms in total. The summed E-state index contributed by atoms with van der Waals surface area (Å²) in [5, 5.41) is 7.83. The quantitative estimate of drug-likeness (QED) is 0.539. The Bertz CT molecular complexity index is 1110. The molecule has 4 aromatic rings. The Morgan fingerprint density at radius 1 is 0.931 bits per heavy atom. The van der Waals surface area contributed by atoms with Gasteiger partial charge in [-0.05, 0) is 50.6 Å². The Labute approximate surface area is 170 Å². The summed E-state index contributed by atoms with van der Waals surface area (Å²) in [5.74, 6) is 0.593. The second kappa shape index (κ2) is 7.80. The van der Waals surface area contributed by atoms with E-state index in [0.717, 1.165) is 17.1 Å². The first-order valence-corrected chi connectivity index (χ1v) is 9.70. The van der Waals surface area contributed by atoms with Crippen LogP contribution in [0.4, 0.5) is 0 Å². The van der Waals surface area contributed by atoms with E-state index in [1.807, 2.05) is 102 Å². The molecule has 0 aliphatic rings. The average molecular weight is 384 g/mol. The number of hydrogen-bond acceptors (Lipinski definition) is 2. The molecule has 146 valence electrons. The third kappa shape index (κ3) is 3.72. The second-order valence-corrected chi connectivity index (χ2v) is 7.23. The molecule has 29 heavy (non-hydrogen) atoms. The number of benzene rings is 2. The van der Waals surface area contributed by atoms with Crippen LogP contribution in [0.5, 0.6) is 0 Å². The minimum atomic E-state index is -0.138. The van der Waals surface area contributed by atoms with E-state index >= 15 is 0 Å². The van der Waals surface area contributed by atoms with Gasteiger partial charge in [0.15, 0.2) is 5.82 Å². The monoisotopic (exact) mass is 384 g/mol. The molecular formula is C24H24N4O. The van der Waals surface area contributed by atoms with Gasteiger partial charge in [0.1, 0.15) is 5.56 Å². The maximum Gasteiger partial charge on any atom is 0.257 e. The summed E-state index contributed by atoms with van der Waals surface area (Å²) >= 11 is 0. The molecule has 0 saturated carbocycles. The molecule has 0 fully saturated rings. The summed E-state index contributed by atoms with van der Waals surface area (Å²) in [7, 11) is 0. The van der Waals surface area contributed by atoms with E-state index in [9.17, 15) is 4.79 Å². The highest BCUT2D eigenvalue weighted by Crippen LogP contribution is 2.24. The van der Waals surface area contributed by atoms with Crippen LogP contribution < -0.4 is 5.32 Å². The Hall–Kier alpha value is -3.60. The van der Waals surface area contributed by atoms with Gasteiger partial charge in [-0.15, -0.1) is 0 Å². The van der Waals surface area contributed by atoms with Gasteiger partial charge in [-0.3, -0.25) is 4.79 Å². The van der Waals surface area contributed by atoms with Gasteiger partial charge in [0.2, 0.25) is 0 Å². The first-order chi connectivity index (χ1) is 14.0. The third-order valence-electron chi connectivity index (χ3n) is 5.04. The Balaban J connectivity index is 1.77. The minimum Gasteiger partial charge on any atom is -0.345 e. The topological polar surface area (TPSA) is 51.9 Å². The summed E-state index contributed by atoms with van der Waals surface area (Å²) in [6.07, 6.45) is 3.86. The molecule has 1 atom stereocenters. The maximum atomic E-state index is 13.3. The number of aryl methyl sites for hydroxylation is 2. The molecule has 0 bridgehead atoms. The highest BCUT2D eigenvalue weighted by molar-refractivity contribution is 5.99. The standard InChI is InChI=1S/C24H24N4O/c1-17-11-13-21(14-12-17)28-24(27-15-7-8-16-27)22(19(3)26-28)23(29)25-18(2)20-9-5-4-6-10-20/h4-16,18H,1-3H3,(H,25,29)/t18-/m1/s1. The number of nitrogens with zero attached hydrogens (tertiary/aromatic N) is 3. The molecule has 0 radical (unpaired) electrons. The molecule has 0 spiro atoms. The number of rotatable bonds is 5. The lowest BCUT2D eigenvalue weighted by Crippen LogP contribution is -2.28. The molecule has 5 heteroatoms. The summed E-state index contributed by atoms with van der Waals surface area (Å²) in [6, 6.07) is 21.8. The van der Waals surface area contributed by atoms with Gasteiger partial charge in [0.25, 0.3) is 5.91 Å². The molecule has 1 N–H and O–H groups in total. The zero-order valence-corrected chi connectivity index (χ0v) is 16.8. The SMILES string of the molecule is Cc1ccc(-n2nc(C)c(C(=O)N[C@H](C)c3ccccc3)c2-n2cccc2)cc1. The molecule has 0 aliphatic heterocycles. The molecule has 1 amide bonds. The van der Waals surface area contributed by atoms with Gasteiger partial charge >= 0.3 is 0 Å². The lowest BCUT2D eigenvalue weighted by atomic mass is 10.1. The van der Waals surface area contributed by atoms with Crippen LogP contribution in [-0.4, -0.2) is 20.3 Å². The van der Waals surface area contributed by atoms with E-state index in [2.05, 4.69) is 12.2 Å². The van der Waals surface area contributed by atoms with Crippen molar-refractivity contribution in [1.82, 2.24) is 19.7 Å². The largest absolute Gasteiger partial charge is 0.345 e. The number of amides is 1. The van der Waals surface area contributed by atoms with E-state index in [1.165, 1.54) is 5.56 Å². The van der Waals surface area contributed by atoms with Crippen LogP contribution in [0.15, 0.2) is 79.1 Å². The van der Waals surface area contributed by atoms with Crippen molar-refractivity contribution in [3.63, 3.8) is 0 Å². The minimum absolute atomic E-state index is 0.108. The zero-order chi connectivity index (χ0) is 20.4. The van der Waals surface area contributed by atoms with Crippen LogP contribution in [0.1, 0.15) is 40.1 Å². The highest BCUT2D eigenvalue weighted by atomic mass is 16.1. The van der Waals surface area contributed by atoms with Crippen molar-refractivity contribution in [3.8, 4) is 11.5 Å². The van der Waals surface area contributed by atoms with Crippen molar-refractivity contribution in [2.24, 2.45) is 0 Å². The second-order valence-electron chi connectivity index (χ2n) is 7.23. The van der Waals surface area contributed by atoms with Gasteiger partial charge in [0, 0.05) is 12.4 Å². The lowest BCUT2D eigenvalue weighted by Gasteiger charge is -2.16. The fourth-order valence-corrected chi connectivity index (χ4v) is 3.45. The first kappa shape index (κ1) is 18.7. The zero-order valence-electron chi connectivity index (χ0n) is 16.8. The average Bonchev–Trinajstić information content (AvgIpc) is 3.36. The third-order valence-corrected chi connectivity index (χ3v) is 5.04. The van der Waals surface area contributed by atoms with Crippen molar-refractivity contribution in [2.45, 2.75) is 26.8 Å². The van der Waals surface area contributed by atoms with Crippen LogP contribution >= 0.6 is 0 Å². The summed E-state index contributed by atoms with van der Waals surface area (Å²) in [4.78, 5) is 13.3. The Kier molecular flexibility index (Phi) is 5.04. The highest BCUT2D eigenvalue weighted by Gasteiger charge is 2.24. The van der Waals surface area contributed by atoms with Gasteiger partial charge in [-0.1, -0.05) is 48.0 Å². The number of aromatic nitrogens is 3. The van der Waals surface area contributed by atoms with Crippen molar-refractivity contribution >= 4 is 5.91 Å². The van der Waals surface area contributed by atoms with Crippen LogP contribution in [0.25, 0.3) is 11.5 Å². The van der Waals surface area contributed by atoms with E-state index in [1.54, 1.807) is 0 Å². The van der Waals surface area contributed by atoms with Crippen LogP contribution in [0.3, 0.4) is 0 Å². The first-order valence-electron chi connectivity index (χ1n) is 9.70. The lowest BCUT2D eigenvalue weighted by molar-refractivity contribution is 0.0939. The van der Waals surface area contributed by atoms with Crippen molar-refractivity contribution in [1.29, 1.82) is 0 Å². The summed E-state index contributed by atoms with van der Waals surface area (Å²) < 4.78 is 3.76. The fourth-order valence-electron chi connectivity index (χ4n) is 3.45. The van der Waals surface area contributed by atoms with Crippen molar-refractivity contribution < 1.29 is 4.79 Å². The predicted octanol–water partition coefficient (Wildman–Crippen LogP) is 4.77. The van der Waals surface area contributed by atoms with Crippen LogP contribution in [0.2, 0.25) is 0 Å². The molecule has 2 heterocycles. The molecular weight excluding hydrogens is 360 g/mol. The molecule has 4 rings (SSSR count). The number of nitrogens with one attached hydrogen (secondary N) is 1. The van der Waals surface area contributed by atoms with Crippen LogP contribution in [-0.2, 0) is 0 Å². The Morgan fingerprint density at radius 3 is 2.24 bits per heavy atom. The van der Waals surface area contributed by atoms with Gasteiger partial charge in [-0.2, -0.15) is 5.10 Å². The van der Waals surface area contributed by atoms with Gasteiger partial charge in [0.05, 0.1) is 17.4 Å². The Morgan fingerprint density at radius 2 is 1.59 bits per heavy atom. The van der Waals surface area contributed by atoms with E-state index < -0.39 is 0 Å². The van der Waals surface area contributed by atoms with E-state index in [-0.39, 0.29) is 11.9 Å². The van der Waals surface area contributed by atoms with Crippen molar-refractivity contribution in [3.05, 3.63) is 102 Å². The molecule has 2 aromatic heterocycles. The van der Waals surface area contributed by atoms with E-state index in [4.69, 9.17) is 5.10 Å². The summed E-state index contributed by atoms with van der Waals surface area (Å²) in [6.45, 7) is 5.91. The smallest absolute Gasteiger partial charge is 0.257 e. The number of carbonyl (C=O) groups is 1. The van der Waals surface area contributed by atoms with Gasteiger partial charge < -0.3 is 9.88 Å². The molecule has 0 saturated heterocycles. The van der Waals surface area contributed by atoms with E-state index in [0.29, 0.717) is 11.3 Å². The number of carbonyl (C=O) groups excluding carboxylic acids is 1. The normalized spacial score (nSPS) is 12.0. The predicted molar refractivity (Wildman–Crippen MR) is 115 cm³/mol. The molecule has 2 aromatic carbocycles. The fraction of sp³-hybridized carbons (Fsp3) is 0.167. The number of hydrogen-bond donors (Lipinski definition) is 1. The molecule has 0 aliphatic carbocycles. The molecule has 0 unspecified atom stereocenters. The van der Waals surface area contributed by atoms with Crippen LogP contribution in [0, 0.1) is 13.8 Å². The van der Waals surface area contributed by atoms with Gasteiger partial charge in [-0.25, -0.2) is 4.68 Å². The maximum absolute atomic E-state index is 13.3. The van der Waals surface area contributed by atoms with Crippen molar-refractivity contribution in [2.75, 3.05) is 0 Å².